The molecule has 7 nitrogen and oxygen atoms in total. The number of morpholine rings is 1. The molecule has 1 aromatic heterocycles. The molecule has 150 valence electrons. The van der Waals surface area contributed by atoms with Crippen LogP contribution in [0.25, 0.3) is 0 Å². The first-order chi connectivity index (χ1) is 13.6. The van der Waals surface area contributed by atoms with E-state index in [4.69, 9.17) is 14.2 Å². The molecule has 1 aromatic carbocycles. The van der Waals surface area contributed by atoms with Crippen LogP contribution in [0.1, 0.15) is 18.1 Å². The Balaban J connectivity index is 1.53. The Hall–Kier alpha value is -2.80. The number of hydrogen-bond acceptors (Lipinski definition) is 6. The summed E-state index contributed by atoms with van der Waals surface area (Å²) in [6.07, 6.45) is 2.26. The lowest BCUT2D eigenvalue weighted by Crippen LogP contribution is -2.41. The fraction of sp³-hybridized carbons (Fsp3) is 0.429. The standard InChI is InChI=1S/C21H27N3O4/c1-15-14-24(8-9-28-15)20-7-4-16(12-22-20)13-23-21(25)10-17-5-6-18(26-2)11-19(17)27-3/h4-7,11-12,15H,8-10,13-14H2,1-3H3,(H,23,25). The van der Waals surface area contributed by atoms with Gasteiger partial charge in [0.2, 0.25) is 5.91 Å². The van der Waals surface area contributed by atoms with Gasteiger partial charge in [-0.3, -0.25) is 4.79 Å². The number of hydrogen-bond donors (Lipinski definition) is 1. The predicted molar refractivity (Wildman–Crippen MR) is 107 cm³/mol. The van der Waals surface area contributed by atoms with Crippen LogP contribution >= 0.6 is 0 Å². The van der Waals surface area contributed by atoms with Gasteiger partial charge < -0.3 is 24.4 Å². The number of pyridine rings is 1. The van der Waals surface area contributed by atoms with Crippen molar-refractivity contribution in [1.82, 2.24) is 10.3 Å². The molecule has 1 aliphatic rings. The van der Waals surface area contributed by atoms with E-state index in [9.17, 15) is 4.79 Å². The smallest absolute Gasteiger partial charge is 0.224 e. The largest absolute Gasteiger partial charge is 0.497 e. The molecule has 1 saturated heterocycles. The molecule has 2 heterocycles. The van der Waals surface area contributed by atoms with Crippen LogP contribution in [0.2, 0.25) is 0 Å². The topological polar surface area (TPSA) is 72.9 Å². The van der Waals surface area contributed by atoms with Crippen LogP contribution in [0.3, 0.4) is 0 Å². The summed E-state index contributed by atoms with van der Waals surface area (Å²) in [5.41, 5.74) is 1.77. The molecule has 0 bridgehead atoms. The number of methoxy groups -OCH3 is 2. The molecule has 1 unspecified atom stereocenters. The number of anilines is 1. The van der Waals surface area contributed by atoms with Crippen molar-refractivity contribution in [2.24, 2.45) is 0 Å². The molecule has 7 heteroatoms. The molecule has 1 N–H and O–H groups in total. The maximum atomic E-state index is 12.3. The van der Waals surface area contributed by atoms with Gasteiger partial charge in [0.15, 0.2) is 0 Å². The van der Waals surface area contributed by atoms with Gasteiger partial charge in [0.1, 0.15) is 17.3 Å². The zero-order chi connectivity index (χ0) is 19.9. The van der Waals surface area contributed by atoms with Crippen molar-refractivity contribution >= 4 is 11.7 Å². The summed E-state index contributed by atoms with van der Waals surface area (Å²) in [6, 6.07) is 9.43. The first kappa shape index (κ1) is 19.9. The Morgan fingerprint density at radius 2 is 2.14 bits per heavy atom. The maximum Gasteiger partial charge on any atom is 0.224 e. The lowest BCUT2D eigenvalue weighted by Gasteiger charge is -2.32. The van der Waals surface area contributed by atoms with Crippen LogP contribution in [0, 0.1) is 0 Å². The average molecular weight is 385 g/mol. The van der Waals surface area contributed by atoms with Crippen molar-refractivity contribution in [2.75, 3.05) is 38.8 Å². The van der Waals surface area contributed by atoms with E-state index >= 15 is 0 Å². The minimum atomic E-state index is -0.0745. The fourth-order valence-corrected chi connectivity index (χ4v) is 3.17. The van der Waals surface area contributed by atoms with E-state index in [1.165, 1.54) is 0 Å². The quantitative estimate of drug-likeness (QED) is 0.788. The van der Waals surface area contributed by atoms with E-state index < -0.39 is 0 Å². The first-order valence-electron chi connectivity index (χ1n) is 9.38. The second-order valence-electron chi connectivity index (χ2n) is 6.78. The number of nitrogens with zero attached hydrogens (tertiary/aromatic N) is 2. The molecule has 1 fully saturated rings. The van der Waals surface area contributed by atoms with Crippen LogP contribution in [0.15, 0.2) is 36.5 Å². The number of benzene rings is 1. The third kappa shape index (κ3) is 5.13. The average Bonchev–Trinajstić information content (AvgIpc) is 2.73. The van der Waals surface area contributed by atoms with Crippen molar-refractivity contribution in [1.29, 1.82) is 0 Å². The second kappa shape index (κ2) is 9.41. The fourth-order valence-electron chi connectivity index (χ4n) is 3.17. The lowest BCUT2D eigenvalue weighted by molar-refractivity contribution is -0.120. The van der Waals surface area contributed by atoms with Gasteiger partial charge in [0.05, 0.1) is 33.4 Å². The SMILES string of the molecule is COc1ccc(CC(=O)NCc2ccc(N3CCOC(C)C3)nc2)c(OC)c1. The number of rotatable bonds is 7. The molecule has 0 saturated carbocycles. The van der Waals surface area contributed by atoms with Gasteiger partial charge in [-0.1, -0.05) is 12.1 Å². The Kier molecular flexibility index (Phi) is 6.71. The molecule has 1 atom stereocenters. The monoisotopic (exact) mass is 385 g/mol. The van der Waals surface area contributed by atoms with Crippen molar-refractivity contribution < 1.29 is 19.0 Å². The van der Waals surface area contributed by atoms with E-state index in [0.29, 0.717) is 18.0 Å². The van der Waals surface area contributed by atoms with Gasteiger partial charge in [0.25, 0.3) is 0 Å². The second-order valence-corrected chi connectivity index (χ2v) is 6.78. The van der Waals surface area contributed by atoms with E-state index in [2.05, 4.69) is 22.1 Å². The normalized spacial score (nSPS) is 16.5. The van der Waals surface area contributed by atoms with E-state index in [1.54, 1.807) is 20.3 Å². The van der Waals surface area contributed by atoms with Crippen molar-refractivity contribution in [2.45, 2.75) is 26.0 Å². The van der Waals surface area contributed by atoms with Crippen LogP contribution in [0.4, 0.5) is 5.82 Å². The van der Waals surface area contributed by atoms with Gasteiger partial charge in [-0.2, -0.15) is 0 Å². The zero-order valence-corrected chi connectivity index (χ0v) is 16.6. The number of aromatic nitrogens is 1. The van der Waals surface area contributed by atoms with Crippen molar-refractivity contribution in [3.63, 3.8) is 0 Å². The molecular formula is C21H27N3O4. The molecule has 0 aliphatic carbocycles. The molecule has 0 radical (unpaired) electrons. The molecule has 28 heavy (non-hydrogen) atoms. The van der Waals surface area contributed by atoms with Crippen LogP contribution < -0.4 is 19.7 Å². The van der Waals surface area contributed by atoms with Gasteiger partial charge >= 0.3 is 0 Å². The van der Waals surface area contributed by atoms with Crippen LogP contribution in [0.5, 0.6) is 11.5 Å². The van der Waals surface area contributed by atoms with Crippen molar-refractivity contribution in [3.8, 4) is 11.5 Å². The third-order valence-corrected chi connectivity index (χ3v) is 4.71. The summed E-state index contributed by atoms with van der Waals surface area (Å²) in [5, 5.41) is 2.93. The molecule has 1 amide bonds. The summed E-state index contributed by atoms with van der Waals surface area (Å²) in [7, 11) is 3.18. The summed E-state index contributed by atoms with van der Waals surface area (Å²) in [6.45, 7) is 4.90. The van der Waals surface area contributed by atoms with Gasteiger partial charge in [-0.05, 0) is 24.6 Å². The highest BCUT2D eigenvalue weighted by Gasteiger charge is 2.17. The highest BCUT2D eigenvalue weighted by molar-refractivity contribution is 5.79. The lowest BCUT2D eigenvalue weighted by atomic mass is 10.1. The minimum absolute atomic E-state index is 0.0745. The predicted octanol–water partition coefficient (Wildman–Crippen LogP) is 2.18. The van der Waals surface area contributed by atoms with Crippen molar-refractivity contribution in [3.05, 3.63) is 47.7 Å². The summed E-state index contributed by atoms with van der Waals surface area (Å²) >= 11 is 0. The molecule has 2 aromatic rings. The summed E-state index contributed by atoms with van der Waals surface area (Å²) < 4.78 is 16.1. The number of amides is 1. The summed E-state index contributed by atoms with van der Waals surface area (Å²) in [5.74, 6) is 2.20. The van der Waals surface area contributed by atoms with E-state index in [-0.39, 0.29) is 18.4 Å². The number of nitrogens with one attached hydrogen (secondary N) is 1. The van der Waals surface area contributed by atoms with Crippen LogP contribution in [-0.2, 0) is 22.5 Å². The Labute approximate surface area is 165 Å². The zero-order valence-electron chi connectivity index (χ0n) is 16.6. The maximum absolute atomic E-state index is 12.3. The Bertz CT molecular complexity index is 795. The first-order valence-corrected chi connectivity index (χ1v) is 9.38. The molecular weight excluding hydrogens is 358 g/mol. The molecule has 0 spiro atoms. The third-order valence-electron chi connectivity index (χ3n) is 4.71. The van der Waals surface area contributed by atoms with E-state index in [1.807, 2.05) is 30.5 Å². The highest BCUT2D eigenvalue weighted by atomic mass is 16.5. The van der Waals surface area contributed by atoms with E-state index in [0.717, 1.165) is 36.6 Å². The summed E-state index contributed by atoms with van der Waals surface area (Å²) in [4.78, 5) is 19.1. The van der Waals surface area contributed by atoms with Gasteiger partial charge in [0, 0.05) is 37.5 Å². The number of carbonyl (C=O) groups is 1. The Morgan fingerprint density at radius 1 is 1.29 bits per heavy atom. The Morgan fingerprint density at radius 3 is 2.82 bits per heavy atom. The highest BCUT2D eigenvalue weighted by Crippen LogP contribution is 2.25. The minimum Gasteiger partial charge on any atom is -0.497 e. The number of carbonyl (C=O) groups excluding carboxylic acids is 1. The van der Waals surface area contributed by atoms with Gasteiger partial charge in [-0.15, -0.1) is 0 Å². The number of ether oxygens (including phenoxy) is 3. The molecule has 3 rings (SSSR count). The van der Waals surface area contributed by atoms with Crippen LogP contribution in [-0.4, -0.2) is 50.9 Å². The molecule has 1 aliphatic heterocycles. The van der Waals surface area contributed by atoms with Gasteiger partial charge in [-0.25, -0.2) is 4.98 Å².